The van der Waals surface area contributed by atoms with Crippen molar-refractivity contribution in [3.8, 4) is 39.8 Å². The Morgan fingerprint density at radius 3 is 1.33 bits per heavy atom. The lowest BCUT2D eigenvalue weighted by molar-refractivity contribution is 0.800. The molecule has 0 amide bonds. The van der Waals surface area contributed by atoms with Crippen LogP contribution in [0.5, 0.6) is 0 Å². The van der Waals surface area contributed by atoms with E-state index in [1.807, 2.05) is 36.4 Å². The lowest BCUT2D eigenvalue weighted by Crippen LogP contribution is -2.14. The Kier molecular flexibility index (Phi) is 8.63. The first-order valence-electron chi connectivity index (χ1n) is 21.7. The molecular weight excluding hydrogens is 815 g/mol. The average molecular weight is 850 g/mol. The number of hydrogen-bond acceptors (Lipinski definition) is 8. The van der Waals surface area contributed by atoms with Gasteiger partial charge in [-0.1, -0.05) is 127 Å². The fourth-order valence-corrected chi connectivity index (χ4v) is 9.28. The number of imidazole rings is 2. The van der Waals surface area contributed by atoms with E-state index >= 15 is 0 Å². The number of nitrogens with zero attached hydrogens (tertiary/aromatic N) is 11. The first-order chi connectivity index (χ1) is 32.7. The Morgan fingerprint density at radius 1 is 0.333 bits per heavy atom. The molecule has 7 aromatic carbocycles. The maximum absolute atomic E-state index is 5.45. The van der Waals surface area contributed by atoms with E-state index in [2.05, 4.69) is 180 Å². The summed E-state index contributed by atoms with van der Waals surface area (Å²) in [4.78, 5) is 20.9. The SMILES string of the molecule is c1ccc(-c2nc3cnncc3n2-c2ccc(C3=NC(c4ccc5c(c4)c4ccccc4n5-c4ccccc4)N=C3c3ccc(-n4c(-c5ccccc5)nc5cnncc54)cc3)cc2)cc1. The molecule has 11 nitrogen and oxygen atoms in total. The summed E-state index contributed by atoms with van der Waals surface area (Å²) in [5.41, 5.74) is 15.1. The zero-order chi connectivity index (χ0) is 43.6. The van der Waals surface area contributed by atoms with E-state index in [1.165, 1.54) is 5.39 Å². The summed E-state index contributed by atoms with van der Waals surface area (Å²) in [6, 6.07) is 63.0. The van der Waals surface area contributed by atoms with Gasteiger partial charge in [0.15, 0.2) is 6.17 Å². The van der Waals surface area contributed by atoms with Crippen LogP contribution in [0.25, 0.3) is 83.7 Å². The summed E-state index contributed by atoms with van der Waals surface area (Å²) in [5.74, 6) is 1.62. The summed E-state index contributed by atoms with van der Waals surface area (Å²) >= 11 is 0. The van der Waals surface area contributed by atoms with Gasteiger partial charge in [-0.3, -0.25) is 19.1 Å². The van der Waals surface area contributed by atoms with Crippen molar-refractivity contribution in [3.63, 3.8) is 0 Å². The van der Waals surface area contributed by atoms with Crippen molar-refractivity contribution < 1.29 is 0 Å². The van der Waals surface area contributed by atoms with Gasteiger partial charge in [0.1, 0.15) is 22.7 Å². The molecule has 13 rings (SSSR count). The van der Waals surface area contributed by atoms with Gasteiger partial charge in [0.2, 0.25) is 0 Å². The second kappa shape index (κ2) is 15.2. The minimum absolute atomic E-state index is 0.473. The molecule has 0 saturated carbocycles. The average Bonchev–Trinajstić information content (AvgIpc) is 4.18. The zero-order valence-electron chi connectivity index (χ0n) is 35.1. The third-order valence-corrected chi connectivity index (χ3v) is 12.3. The fourth-order valence-electron chi connectivity index (χ4n) is 9.28. The largest absolute Gasteiger partial charge is 0.309 e. The lowest BCUT2D eigenvalue weighted by Gasteiger charge is -2.12. The van der Waals surface area contributed by atoms with E-state index in [4.69, 9.17) is 20.0 Å². The first-order valence-corrected chi connectivity index (χ1v) is 21.7. The van der Waals surface area contributed by atoms with Crippen LogP contribution in [0.3, 0.4) is 0 Å². The van der Waals surface area contributed by atoms with Crippen LogP contribution in [0.15, 0.2) is 217 Å². The number of aliphatic imine (C=N–C) groups is 2. The molecule has 0 bridgehead atoms. The number of hydrogen-bond donors (Lipinski definition) is 0. The Labute approximate surface area is 377 Å². The van der Waals surface area contributed by atoms with Crippen molar-refractivity contribution in [2.75, 3.05) is 0 Å². The van der Waals surface area contributed by atoms with Gasteiger partial charge in [0.05, 0.1) is 58.3 Å². The van der Waals surface area contributed by atoms with Gasteiger partial charge in [0, 0.05) is 50.1 Å². The van der Waals surface area contributed by atoms with E-state index < -0.39 is 6.17 Å². The van der Waals surface area contributed by atoms with Crippen LogP contribution < -0.4 is 0 Å². The number of aromatic nitrogens is 9. The maximum atomic E-state index is 5.45. The minimum atomic E-state index is -0.473. The number of rotatable bonds is 8. The molecule has 0 radical (unpaired) electrons. The Balaban J connectivity index is 0.939. The molecule has 0 spiro atoms. The lowest BCUT2D eigenvalue weighted by atomic mass is 9.99. The smallest absolute Gasteiger partial charge is 0.166 e. The molecule has 0 aliphatic carbocycles. The number of fused-ring (bicyclic) bond motifs is 5. The van der Waals surface area contributed by atoms with E-state index in [9.17, 15) is 0 Å². The van der Waals surface area contributed by atoms with Crippen molar-refractivity contribution in [3.05, 3.63) is 223 Å². The molecule has 0 unspecified atom stereocenters. The highest BCUT2D eigenvalue weighted by molar-refractivity contribution is 6.54. The number of benzene rings is 7. The van der Waals surface area contributed by atoms with Gasteiger partial charge in [-0.2, -0.15) is 20.4 Å². The van der Waals surface area contributed by atoms with E-state index in [1.54, 1.807) is 24.8 Å². The predicted molar refractivity (Wildman–Crippen MR) is 261 cm³/mol. The standard InChI is InChI=1S/C55H35N11/c1-4-12-37(13-5-1)54-60-45-31-56-58-33-49(45)65(54)41-25-20-35(21-26-41)51-52(36-22-27-42(28-23-36)66-50-34-59-57-32-46(50)61-55(66)38-14-6-2-7-15-38)63-53(62-51)39-24-29-48-44(30-39)43-18-10-11-19-47(43)64(48)40-16-8-3-9-17-40/h1-34,53H. The molecule has 1 aliphatic heterocycles. The van der Waals surface area contributed by atoms with E-state index in [-0.39, 0.29) is 0 Å². The van der Waals surface area contributed by atoms with Crippen molar-refractivity contribution in [2.24, 2.45) is 9.98 Å². The van der Waals surface area contributed by atoms with Gasteiger partial charge in [-0.25, -0.2) is 9.97 Å². The molecular formula is C55H35N11. The first kappa shape index (κ1) is 37.3. The van der Waals surface area contributed by atoms with Crippen LogP contribution >= 0.6 is 0 Å². The van der Waals surface area contributed by atoms with Crippen LogP contribution in [0.2, 0.25) is 0 Å². The van der Waals surface area contributed by atoms with Gasteiger partial charge in [-0.05, 0) is 60.2 Å². The summed E-state index contributed by atoms with van der Waals surface area (Å²) < 4.78 is 6.59. The normalized spacial score (nSPS) is 13.0. The second-order valence-electron chi connectivity index (χ2n) is 16.2. The van der Waals surface area contributed by atoms with E-state index in [0.717, 1.165) is 106 Å². The van der Waals surface area contributed by atoms with Gasteiger partial charge >= 0.3 is 0 Å². The van der Waals surface area contributed by atoms with E-state index in [0.29, 0.717) is 0 Å². The Bertz CT molecular complexity index is 3670. The molecule has 310 valence electrons. The molecule has 0 N–H and O–H groups in total. The Hall–Kier alpha value is -9.22. The summed E-state index contributed by atoms with van der Waals surface area (Å²) in [6.45, 7) is 0. The highest BCUT2D eigenvalue weighted by atomic mass is 15.2. The molecule has 0 saturated heterocycles. The number of para-hydroxylation sites is 2. The topological polar surface area (TPSA) is 117 Å². The van der Waals surface area contributed by atoms with Crippen LogP contribution in [0.1, 0.15) is 22.9 Å². The van der Waals surface area contributed by atoms with Crippen LogP contribution in [0.4, 0.5) is 0 Å². The van der Waals surface area contributed by atoms with Crippen LogP contribution in [-0.4, -0.2) is 55.5 Å². The van der Waals surface area contributed by atoms with Crippen LogP contribution in [-0.2, 0) is 0 Å². The molecule has 1 aliphatic rings. The molecule has 6 heterocycles. The van der Waals surface area contributed by atoms with Gasteiger partial charge in [0.25, 0.3) is 0 Å². The van der Waals surface area contributed by atoms with Crippen molar-refractivity contribution in [1.82, 2.24) is 44.1 Å². The third kappa shape index (κ3) is 6.13. The maximum Gasteiger partial charge on any atom is 0.166 e. The minimum Gasteiger partial charge on any atom is -0.309 e. The monoisotopic (exact) mass is 849 g/mol. The van der Waals surface area contributed by atoms with Gasteiger partial charge in [-0.15, -0.1) is 0 Å². The molecule has 12 aromatic rings. The highest BCUT2D eigenvalue weighted by Crippen LogP contribution is 2.37. The second-order valence-corrected chi connectivity index (χ2v) is 16.2. The Morgan fingerprint density at radius 2 is 0.788 bits per heavy atom. The highest BCUT2D eigenvalue weighted by Gasteiger charge is 2.27. The van der Waals surface area contributed by atoms with Crippen molar-refractivity contribution >= 4 is 55.3 Å². The van der Waals surface area contributed by atoms with Crippen molar-refractivity contribution in [2.45, 2.75) is 6.17 Å². The summed E-state index contributed by atoms with van der Waals surface area (Å²) in [5, 5.41) is 19.0. The zero-order valence-corrected chi connectivity index (χ0v) is 35.1. The molecule has 5 aromatic heterocycles. The van der Waals surface area contributed by atoms with Gasteiger partial charge < -0.3 is 4.57 Å². The molecule has 0 fully saturated rings. The molecule has 0 atom stereocenters. The fraction of sp³-hybridized carbons (Fsp3) is 0.0182. The summed E-state index contributed by atoms with van der Waals surface area (Å²) in [7, 11) is 0. The quantitative estimate of drug-likeness (QED) is 0.150. The predicted octanol–water partition coefficient (Wildman–Crippen LogP) is 11.4. The van der Waals surface area contributed by atoms with Crippen molar-refractivity contribution in [1.29, 1.82) is 0 Å². The molecule has 66 heavy (non-hydrogen) atoms. The van der Waals surface area contributed by atoms with Crippen LogP contribution in [0, 0.1) is 0 Å². The summed E-state index contributed by atoms with van der Waals surface area (Å²) in [6.07, 6.45) is 6.46. The third-order valence-electron chi connectivity index (χ3n) is 12.3. The molecule has 11 heteroatoms.